The minimum Gasteiger partial charge on any atom is -0.464 e. The predicted octanol–water partition coefficient (Wildman–Crippen LogP) is 4.20. The Labute approximate surface area is 183 Å². The van der Waals surface area contributed by atoms with Crippen LogP contribution < -0.4 is 5.32 Å². The maximum Gasteiger partial charge on any atom is 0.333 e. The van der Waals surface area contributed by atoms with Gasteiger partial charge >= 0.3 is 5.97 Å². The summed E-state index contributed by atoms with van der Waals surface area (Å²) in [6.07, 6.45) is 0. The van der Waals surface area contributed by atoms with Crippen molar-refractivity contribution >= 4 is 11.9 Å². The summed E-state index contributed by atoms with van der Waals surface area (Å²) in [5, 5.41) is 7.53. The number of carbonyl (C=O) groups is 2. The third-order valence-corrected chi connectivity index (χ3v) is 5.55. The molecule has 0 spiro atoms. The van der Waals surface area contributed by atoms with Gasteiger partial charge in [-0.25, -0.2) is 4.79 Å². The lowest BCUT2D eigenvalue weighted by Crippen LogP contribution is -2.36. The quantitative estimate of drug-likeness (QED) is 0.583. The number of esters is 1. The van der Waals surface area contributed by atoms with Gasteiger partial charge in [0.25, 0.3) is 5.91 Å². The average Bonchev–Trinajstić information content (AvgIpc) is 3.02. The summed E-state index contributed by atoms with van der Waals surface area (Å²) in [7, 11) is 0. The fourth-order valence-electron chi connectivity index (χ4n) is 3.72. The minimum atomic E-state index is -0.933. The van der Waals surface area contributed by atoms with E-state index in [1.165, 1.54) is 0 Å². The summed E-state index contributed by atoms with van der Waals surface area (Å²) in [6, 6.07) is 14.6. The zero-order valence-electron chi connectivity index (χ0n) is 18.7. The summed E-state index contributed by atoms with van der Waals surface area (Å²) in [5.74, 6) is -0.805. The molecular weight excluding hydrogens is 390 g/mol. The Hall–Kier alpha value is -3.41. The Balaban J connectivity index is 1.96. The van der Waals surface area contributed by atoms with Crippen molar-refractivity contribution in [3.63, 3.8) is 0 Å². The Morgan fingerprint density at radius 3 is 2.42 bits per heavy atom. The van der Waals surface area contributed by atoms with Gasteiger partial charge in [0.2, 0.25) is 0 Å². The van der Waals surface area contributed by atoms with Crippen molar-refractivity contribution in [3.05, 3.63) is 87.7 Å². The van der Waals surface area contributed by atoms with Gasteiger partial charge in [-0.1, -0.05) is 42.5 Å². The molecule has 0 bridgehead atoms. The van der Waals surface area contributed by atoms with Crippen LogP contribution in [0.3, 0.4) is 0 Å². The molecular formula is C25H29N3O3. The molecule has 0 unspecified atom stereocenters. The molecule has 0 aliphatic heterocycles. The zero-order chi connectivity index (χ0) is 22.5. The van der Waals surface area contributed by atoms with Crippen LogP contribution in [0.15, 0.2) is 48.5 Å². The minimum absolute atomic E-state index is 0.227. The van der Waals surface area contributed by atoms with E-state index >= 15 is 0 Å². The van der Waals surface area contributed by atoms with Crippen molar-refractivity contribution in [2.24, 2.45) is 0 Å². The van der Waals surface area contributed by atoms with Gasteiger partial charge in [-0.15, -0.1) is 0 Å². The van der Waals surface area contributed by atoms with E-state index < -0.39 is 12.0 Å². The summed E-state index contributed by atoms with van der Waals surface area (Å²) in [6.45, 7) is 10.2. The molecule has 1 aromatic heterocycles. The molecule has 1 heterocycles. The van der Waals surface area contributed by atoms with Crippen LogP contribution in [0.1, 0.15) is 57.0 Å². The second-order valence-corrected chi connectivity index (χ2v) is 7.63. The molecule has 0 aliphatic carbocycles. The van der Waals surface area contributed by atoms with Crippen LogP contribution in [-0.2, 0) is 16.1 Å². The maximum absolute atomic E-state index is 13.1. The number of hydrogen-bond donors (Lipinski definition) is 1. The summed E-state index contributed by atoms with van der Waals surface area (Å²) in [5.41, 5.74) is 5.73. The van der Waals surface area contributed by atoms with E-state index in [1.54, 1.807) is 13.0 Å². The second-order valence-electron chi connectivity index (χ2n) is 7.63. The molecule has 0 saturated heterocycles. The van der Waals surface area contributed by atoms with Crippen LogP contribution in [0, 0.1) is 27.7 Å². The summed E-state index contributed by atoms with van der Waals surface area (Å²) in [4.78, 5) is 25.9. The Bertz CT molecular complexity index is 1090. The molecule has 31 heavy (non-hydrogen) atoms. The number of carbonyl (C=O) groups excluding carboxylic acids is 2. The van der Waals surface area contributed by atoms with Crippen molar-refractivity contribution in [2.75, 3.05) is 6.61 Å². The summed E-state index contributed by atoms with van der Waals surface area (Å²) < 4.78 is 7.15. The Morgan fingerprint density at radius 1 is 1.03 bits per heavy atom. The zero-order valence-corrected chi connectivity index (χ0v) is 18.7. The van der Waals surface area contributed by atoms with Gasteiger partial charge < -0.3 is 10.1 Å². The van der Waals surface area contributed by atoms with E-state index in [9.17, 15) is 9.59 Å². The lowest BCUT2D eigenvalue weighted by atomic mass is 10.0. The van der Waals surface area contributed by atoms with Gasteiger partial charge in [0.05, 0.1) is 18.8 Å². The van der Waals surface area contributed by atoms with Gasteiger partial charge in [-0.05, 0) is 57.4 Å². The van der Waals surface area contributed by atoms with E-state index in [0.29, 0.717) is 23.4 Å². The van der Waals surface area contributed by atoms with Crippen LogP contribution in [0.25, 0.3) is 0 Å². The van der Waals surface area contributed by atoms with Gasteiger partial charge in [0, 0.05) is 16.8 Å². The predicted molar refractivity (Wildman–Crippen MR) is 120 cm³/mol. The highest BCUT2D eigenvalue weighted by atomic mass is 16.5. The molecule has 6 heteroatoms. The molecule has 1 amide bonds. The van der Waals surface area contributed by atoms with Crippen LogP contribution in [0.4, 0.5) is 0 Å². The summed E-state index contributed by atoms with van der Waals surface area (Å²) >= 11 is 0. The number of amides is 1. The van der Waals surface area contributed by atoms with Crippen molar-refractivity contribution in [2.45, 2.75) is 47.2 Å². The van der Waals surface area contributed by atoms with Gasteiger partial charge in [-0.2, -0.15) is 5.10 Å². The van der Waals surface area contributed by atoms with E-state index in [1.807, 2.05) is 74.8 Å². The smallest absolute Gasteiger partial charge is 0.333 e. The number of aryl methyl sites for hydroxylation is 2. The molecule has 0 aliphatic rings. The average molecular weight is 420 g/mol. The highest BCUT2D eigenvalue weighted by Gasteiger charge is 2.31. The number of nitrogens with zero attached hydrogens (tertiary/aromatic N) is 2. The SMILES string of the molecule is CCOC(=O)[C@H](NC(=O)c1cccc(C)c1C)c1c(C)nn(Cc2ccccc2)c1C. The first-order valence-corrected chi connectivity index (χ1v) is 10.4. The fourth-order valence-corrected chi connectivity index (χ4v) is 3.72. The van der Waals surface area contributed by atoms with Crippen molar-refractivity contribution in [3.8, 4) is 0 Å². The normalized spacial score (nSPS) is 11.8. The molecule has 0 radical (unpaired) electrons. The molecule has 0 saturated carbocycles. The number of aromatic nitrogens is 2. The fraction of sp³-hybridized carbons (Fsp3) is 0.320. The van der Waals surface area contributed by atoms with Gasteiger partial charge in [-0.3, -0.25) is 9.48 Å². The van der Waals surface area contributed by atoms with E-state index in [2.05, 4.69) is 10.4 Å². The highest BCUT2D eigenvalue weighted by Crippen LogP contribution is 2.25. The highest BCUT2D eigenvalue weighted by molar-refractivity contribution is 5.98. The van der Waals surface area contributed by atoms with Gasteiger partial charge in [0.15, 0.2) is 6.04 Å². The largest absolute Gasteiger partial charge is 0.464 e. The molecule has 1 N–H and O–H groups in total. The standard InChI is InChI=1S/C25H29N3O3/c1-6-31-25(30)23(26-24(29)21-14-10-11-16(2)17(21)3)22-18(4)27-28(19(22)5)15-20-12-8-7-9-13-20/h7-14,23H,6,15H2,1-5H3,(H,26,29)/t23-/m1/s1. The van der Waals surface area contributed by atoms with E-state index in [0.717, 1.165) is 22.4 Å². The second kappa shape index (κ2) is 9.60. The Kier molecular flexibility index (Phi) is 6.90. The van der Waals surface area contributed by atoms with Crippen LogP contribution in [-0.4, -0.2) is 28.3 Å². The third-order valence-electron chi connectivity index (χ3n) is 5.55. The maximum atomic E-state index is 13.1. The molecule has 2 aromatic carbocycles. The van der Waals surface area contributed by atoms with Crippen molar-refractivity contribution < 1.29 is 14.3 Å². The first-order valence-electron chi connectivity index (χ1n) is 10.4. The van der Waals surface area contributed by atoms with Crippen LogP contribution in [0.2, 0.25) is 0 Å². The molecule has 6 nitrogen and oxygen atoms in total. The van der Waals surface area contributed by atoms with Crippen LogP contribution >= 0.6 is 0 Å². The number of ether oxygens (including phenoxy) is 1. The third kappa shape index (κ3) is 4.85. The monoisotopic (exact) mass is 419 g/mol. The number of nitrogens with one attached hydrogen (secondary N) is 1. The Morgan fingerprint density at radius 2 is 1.74 bits per heavy atom. The first kappa shape index (κ1) is 22.3. The molecule has 3 aromatic rings. The van der Waals surface area contributed by atoms with E-state index in [-0.39, 0.29) is 12.5 Å². The first-order chi connectivity index (χ1) is 14.8. The van der Waals surface area contributed by atoms with Gasteiger partial charge in [0.1, 0.15) is 0 Å². The molecule has 162 valence electrons. The van der Waals surface area contributed by atoms with Crippen molar-refractivity contribution in [1.29, 1.82) is 0 Å². The van der Waals surface area contributed by atoms with Crippen LogP contribution in [0.5, 0.6) is 0 Å². The van der Waals surface area contributed by atoms with Crippen molar-refractivity contribution in [1.82, 2.24) is 15.1 Å². The number of benzene rings is 2. The molecule has 1 atom stereocenters. The molecule has 0 fully saturated rings. The lowest BCUT2D eigenvalue weighted by molar-refractivity contribution is -0.145. The number of hydrogen-bond acceptors (Lipinski definition) is 4. The number of rotatable bonds is 7. The molecule has 3 rings (SSSR count). The lowest BCUT2D eigenvalue weighted by Gasteiger charge is -2.19. The van der Waals surface area contributed by atoms with E-state index in [4.69, 9.17) is 4.74 Å². The topological polar surface area (TPSA) is 73.2 Å².